The van der Waals surface area contributed by atoms with E-state index in [0.29, 0.717) is 0 Å². The first kappa shape index (κ1) is 16.8. The molecule has 0 spiro atoms. The van der Waals surface area contributed by atoms with Crippen LogP contribution in [0.4, 0.5) is 0 Å². The Morgan fingerprint density at radius 2 is 2.05 bits per heavy atom. The molecule has 0 radical (unpaired) electrons. The topological polar surface area (TPSA) is 39.1 Å². The van der Waals surface area contributed by atoms with E-state index in [9.17, 15) is 0 Å². The third-order valence-corrected chi connectivity index (χ3v) is 5.28. The molecule has 1 aromatic heterocycles. The van der Waals surface area contributed by atoms with Crippen LogP contribution in [-0.4, -0.2) is 35.1 Å². The lowest BCUT2D eigenvalue weighted by Gasteiger charge is -2.37. The molecule has 1 aromatic rings. The second-order valence-electron chi connectivity index (χ2n) is 5.95. The average molecular weight is 314 g/mol. The largest absolute Gasteiger partial charge is 0.377 e. The van der Waals surface area contributed by atoms with Gasteiger partial charge in [0.2, 0.25) is 0 Å². The molecule has 0 amide bonds. The summed E-state index contributed by atoms with van der Waals surface area (Å²) in [5.41, 5.74) is 1.99. The van der Waals surface area contributed by atoms with Crippen LogP contribution in [0.15, 0.2) is 0 Å². The number of nitrogens with zero attached hydrogens (tertiary/aromatic N) is 2. The zero-order valence-corrected chi connectivity index (χ0v) is 14.5. The van der Waals surface area contributed by atoms with Gasteiger partial charge in [-0.3, -0.25) is 4.68 Å². The van der Waals surface area contributed by atoms with Gasteiger partial charge in [-0.2, -0.15) is 5.10 Å². The van der Waals surface area contributed by atoms with Crippen molar-refractivity contribution in [3.8, 4) is 0 Å². The molecule has 1 unspecified atom stereocenters. The molecule has 0 aliphatic heterocycles. The predicted octanol–water partition coefficient (Wildman–Crippen LogP) is 3.34. The lowest BCUT2D eigenvalue weighted by atomic mass is 9.88. The Morgan fingerprint density at radius 3 is 2.57 bits per heavy atom. The van der Waals surface area contributed by atoms with E-state index >= 15 is 0 Å². The zero-order valence-electron chi connectivity index (χ0n) is 13.7. The van der Waals surface area contributed by atoms with Gasteiger partial charge in [-0.15, -0.1) is 0 Å². The Balaban J connectivity index is 2.28. The van der Waals surface area contributed by atoms with Gasteiger partial charge >= 0.3 is 0 Å². The van der Waals surface area contributed by atoms with Gasteiger partial charge in [0.05, 0.1) is 22.0 Å². The van der Waals surface area contributed by atoms with Gasteiger partial charge in [0.15, 0.2) is 0 Å². The number of ether oxygens (including phenoxy) is 1. The monoisotopic (exact) mass is 313 g/mol. The van der Waals surface area contributed by atoms with Crippen LogP contribution in [0.25, 0.3) is 0 Å². The van der Waals surface area contributed by atoms with E-state index in [1.54, 1.807) is 0 Å². The van der Waals surface area contributed by atoms with Gasteiger partial charge < -0.3 is 10.1 Å². The fourth-order valence-corrected chi connectivity index (χ4v) is 3.83. The van der Waals surface area contributed by atoms with Crippen molar-refractivity contribution in [3.63, 3.8) is 0 Å². The van der Waals surface area contributed by atoms with Crippen molar-refractivity contribution < 1.29 is 4.74 Å². The van der Waals surface area contributed by atoms with Crippen LogP contribution in [0.5, 0.6) is 0 Å². The van der Waals surface area contributed by atoms with E-state index in [0.717, 1.165) is 48.8 Å². The van der Waals surface area contributed by atoms with Crippen LogP contribution >= 0.6 is 11.6 Å². The lowest BCUT2D eigenvalue weighted by Crippen LogP contribution is -2.52. The van der Waals surface area contributed by atoms with Crippen molar-refractivity contribution >= 4 is 11.6 Å². The number of hydrogen-bond donors (Lipinski definition) is 1. The summed E-state index contributed by atoms with van der Waals surface area (Å²) in [5.74, 6) is 0. The summed E-state index contributed by atoms with van der Waals surface area (Å²) in [6, 6.07) is 0.286. The highest BCUT2D eigenvalue weighted by atomic mass is 35.5. The number of nitrogens with one attached hydrogen (secondary N) is 1. The minimum atomic E-state index is -0.0594. The van der Waals surface area contributed by atoms with Crippen molar-refractivity contribution in [1.29, 1.82) is 0 Å². The Kier molecular flexibility index (Phi) is 5.69. The molecule has 0 bridgehead atoms. The van der Waals surface area contributed by atoms with Crippen molar-refractivity contribution in [2.75, 3.05) is 13.7 Å². The third kappa shape index (κ3) is 3.27. The average Bonchev–Trinajstić information content (AvgIpc) is 3.07. The molecule has 1 atom stereocenters. The molecule has 4 nitrogen and oxygen atoms in total. The highest BCUT2D eigenvalue weighted by molar-refractivity contribution is 6.31. The molecule has 21 heavy (non-hydrogen) atoms. The molecular weight excluding hydrogens is 286 g/mol. The molecule has 1 saturated carbocycles. The number of likely N-dealkylation sites (N-methyl/N-ethyl adjacent to an activating group) is 1. The number of halogens is 1. The van der Waals surface area contributed by atoms with E-state index in [1.807, 2.05) is 18.7 Å². The number of methoxy groups -OCH3 is 1. The third-order valence-electron chi connectivity index (χ3n) is 4.79. The Hall–Kier alpha value is -0.580. The van der Waals surface area contributed by atoms with Gasteiger partial charge in [0, 0.05) is 26.1 Å². The van der Waals surface area contributed by atoms with Crippen molar-refractivity contribution in [3.05, 3.63) is 16.4 Å². The smallest absolute Gasteiger partial charge is 0.0847 e. The summed E-state index contributed by atoms with van der Waals surface area (Å²) in [5, 5.41) is 8.97. The van der Waals surface area contributed by atoms with Crippen LogP contribution in [0.3, 0.4) is 0 Å². The molecule has 5 heteroatoms. The maximum absolute atomic E-state index is 6.48. The van der Waals surface area contributed by atoms with Gasteiger partial charge in [-0.1, -0.05) is 31.4 Å². The first-order valence-corrected chi connectivity index (χ1v) is 8.46. The first-order chi connectivity index (χ1) is 10.1. The fourth-order valence-electron chi connectivity index (χ4n) is 3.62. The van der Waals surface area contributed by atoms with Crippen LogP contribution in [-0.2, 0) is 17.7 Å². The molecule has 2 rings (SSSR count). The van der Waals surface area contributed by atoms with E-state index in [2.05, 4.69) is 24.3 Å². The number of aromatic nitrogens is 2. The second-order valence-corrected chi connectivity index (χ2v) is 6.33. The maximum Gasteiger partial charge on any atom is 0.0847 e. The molecule has 1 aliphatic carbocycles. The van der Waals surface area contributed by atoms with E-state index < -0.39 is 0 Å². The van der Waals surface area contributed by atoms with Crippen molar-refractivity contribution in [2.24, 2.45) is 0 Å². The molecule has 1 N–H and O–H groups in total. The van der Waals surface area contributed by atoms with Crippen molar-refractivity contribution in [2.45, 2.75) is 71.1 Å². The van der Waals surface area contributed by atoms with Gasteiger partial charge in [0.1, 0.15) is 0 Å². The Morgan fingerprint density at radius 1 is 1.38 bits per heavy atom. The van der Waals surface area contributed by atoms with Crippen molar-refractivity contribution in [1.82, 2.24) is 15.1 Å². The molecule has 1 fully saturated rings. The van der Waals surface area contributed by atoms with Gasteiger partial charge in [-0.05, 0) is 33.2 Å². The SMILES string of the molecule is CCNC(Cc1c(Cl)c(C)nn1CC)C1(OC)CCCC1. The molecular formula is C16H28ClN3O. The number of rotatable bonds is 7. The predicted molar refractivity (Wildman–Crippen MR) is 87.0 cm³/mol. The summed E-state index contributed by atoms with van der Waals surface area (Å²) < 4.78 is 8.00. The summed E-state index contributed by atoms with van der Waals surface area (Å²) in [6.07, 6.45) is 5.61. The van der Waals surface area contributed by atoms with Crippen LogP contribution in [0, 0.1) is 6.92 Å². The highest BCUT2D eigenvalue weighted by Gasteiger charge is 2.41. The van der Waals surface area contributed by atoms with Gasteiger partial charge in [-0.25, -0.2) is 0 Å². The summed E-state index contributed by atoms with van der Waals surface area (Å²) in [6.45, 7) is 8.02. The molecule has 1 heterocycles. The van der Waals surface area contributed by atoms with Gasteiger partial charge in [0.25, 0.3) is 0 Å². The summed E-state index contributed by atoms with van der Waals surface area (Å²) in [7, 11) is 1.85. The lowest BCUT2D eigenvalue weighted by molar-refractivity contribution is -0.0355. The molecule has 120 valence electrons. The zero-order chi connectivity index (χ0) is 15.5. The van der Waals surface area contributed by atoms with Crippen LogP contribution in [0.2, 0.25) is 5.02 Å². The Bertz CT molecular complexity index is 466. The second kappa shape index (κ2) is 7.12. The first-order valence-electron chi connectivity index (χ1n) is 8.08. The number of aryl methyl sites for hydroxylation is 2. The minimum absolute atomic E-state index is 0.0594. The van der Waals surface area contributed by atoms with E-state index in [4.69, 9.17) is 16.3 Å². The maximum atomic E-state index is 6.48. The normalized spacial score (nSPS) is 19.1. The quantitative estimate of drug-likeness (QED) is 0.839. The van der Waals surface area contributed by atoms with E-state index in [1.165, 1.54) is 12.8 Å². The van der Waals surface area contributed by atoms with E-state index in [-0.39, 0.29) is 11.6 Å². The molecule has 0 saturated heterocycles. The summed E-state index contributed by atoms with van der Waals surface area (Å²) in [4.78, 5) is 0. The van der Waals surface area contributed by atoms with Crippen LogP contribution in [0.1, 0.15) is 50.9 Å². The molecule has 1 aliphatic rings. The minimum Gasteiger partial charge on any atom is -0.377 e. The standard InChI is InChI=1S/C16H28ClN3O/c1-5-18-14(16(21-4)9-7-8-10-16)11-13-15(17)12(3)19-20(13)6-2/h14,18H,5-11H2,1-4H3. The Labute approximate surface area is 133 Å². The summed E-state index contributed by atoms with van der Waals surface area (Å²) >= 11 is 6.48. The van der Waals surface area contributed by atoms with Crippen LogP contribution < -0.4 is 5.32 Å². The number of hydrogen-bond acceptors (Lipinski definition) is 3. The molecule has 0 aromatic carbocycles. The fraction of sp³-hybridized carbons (Fsp3) is 0.812. The highest BCUT2D eigenvalue weighted by Crippen LogP contribution is 2.37.